The number of rotatable bonds is 3. The highest BCUT2D eigenvalue weighted by molar-refractivity contribution is 5.74. The Hall–Kier alpha value is -3.45. The van der Waals surface area contributed by atoms with Crippen molar-refractivity contribution in [3.63, 3.8) is 0 Å². The number of hydrogen-bond acceptors (Lipinski definition) is 6. The van der Waals surface area contributed by atoms with E-state index in [1.165, 1.54) is 5.56 Å². The molecule has 0 amide bonds. The Balaban J connectivity index is 1.42. The van der Waals surface area contributed by atoms with E-state index in [1.807, 2.05) is 24.3 Å². The van der Waals surface area contributed by atoms with Crippen molar-refractivity contribution in [2.45, 2.75) is 19.5 Å². The second-order valence-electron chi connectivity index (χ2n) is 6.89. The Kier molecular flexibility index (Phi) is 4.14. The van der Waals surface area contributed by atoms with Crippen LogP contribution in [0.5, 0.6) is 0 Å². The first-order chi connectivity index (χ1) is 13.8. The molecule has 28 heavy (non-hydrogen) atoms. The van der Waals surface area contributed by atoms with Crippen LogP contribution in [0.1, 0.15) is 16.8 Å². The zero-order valence-electron chi connectivity index (χ0n) is 15.2. The van der Waals surface area contributed by atoms with Crippen LogP contribution in [0, 0.1) is 0 Å². The van der Waals surface area contributed by atoms with Crippen LogP contribution >= 0.6 is 0 Å². The van der Waals surface area contributed by atoms with Crippen LogP contribution in [0.25, 0.3) is 22.6 Å². The smallest absolute Gasteiger partial charge is 0.254 e. The third-order valence-corrected chi connectivity index (χ3v) is 5.00. The predicted molar refractivity (Wildman–Crippen MR) is 105 cm³/mol. The Morgan fingerprint density at radius 3 is 2.75 bits per heavy atom. The van der Waals surface area contributed by atoms with Crippen molar-refractivity contribution in [1.82, 2.24) is 29.8 Å². The van der Waals surface area contributed by atoms with E-state index in [9.17, 15) is 4.79 Å². The standard InChI is InChI=1S/C21H18N6O/c28-21-15-6-10-27(12-14-4-5-16-18(11-14)24-9-8-23-16)13-19(15)25-20(26-21)17-3-1-2-7-22-17/h1-5,7-9,11H,6,10,12-13H2,(H,25,26,28). The lowest BCUT2D eigenvalue weighted by Crippen LogP contribution is -2.35. The fourth-order valence-corrected chi connectivity index (χ4v) is 3.62. The number of hydrogen-bond donors (Lipinski definition) is 1. The number of nitrogens with zero attached hydrogens (tertiary/aromatic N) is 5. The normalized spacial score (nSPS) is 14.1. The number of aromatic nitrogens is 5. The molecule has 5 rings (SSSR count). The molecule has 0 aliphatic carbocycles. The third-order valence-electron chi connectivity index (χ3n) is 5.00. The van der Waals surface area contributed by atoms with Gasteiger partial charge in [-0.3, -0.25) is 24.6 Å². The number of nitrogens with one attached hydrogen (secondary N) is 1. The SMILES string of the molecule is O=c1[nH]c(-c2ccccn2)nc2c1CCN(Cc1ccc3nccnc3c1)C2. The monoisotopic (exact) mass is 370 g/mol. The molecule has 138 valence electrons. The van der Waals surface area contributed by atoms with Crippen LogP contribution in [-0.2, 0) is 19.5 Å². The first-order valence-corrected chi connectivity index (χ1v) is 9.22. The minimum absolute atomic E-state index is 0.0636. The topological polar surface area (TPSA) is 87.7 Å². The highest BCUT2D eigenvalue weighted by Crippen LogP contribution is 2.20. The summed E-state index contributed by atoms with van der Waals surface area (Å²) in [7, 11) is 0. The van der Waals surface area contributed by atoms with Crippen molar-refractivity contribution in [2.24, 2.45) is 0 Å². The quantitative estimate of drug-likeness (QED) is 0.596. The average Bonchev–Trinajstić information content (AvgIpc) is 2.74. The van der Waals surface area contributed by atoms with Crippen LogP contribution in [0.15, 0.2) is 59.8 Å². The fraction of sp³-hybridized carbons (Fsp3) is 0.190. The lowest BCUT2D eigenvalue weighted by Gasteiger charge is -2.27. The van der Waals surface area contributed by atoms with Crippen LogP contribution < -0.4 is 5.56 Å². The van der Waals surface area contributed by atoms with Gasteiger partial charge in [-0.05, 0) is 36.2 Å². The van der Waals surface area contributed by atoms with Gasteiger partial charge in [-0.1, -0.05) is 12.1 Å². The number of fused-ring (bicyclic) bond motifs is 2. The van der Waals surface area contributed by atoms with Gasteiger partial charge in [0.15, 0.2) is 5.82 Å². The lowest BCUT2D eigenvalue weighted by atomic mass is 10.1. The Morgan fingerprint density at radius 2 is 1.89 bits per heavy atom. The van der Waals surface area contributed by atoms with E-state index in [-0.39, 0.29) is 5.56 Å². The van der Waals surface area contributed by atoms with Gasteiger partial charge in [0.25, 0.3) is 5.56 Å². The Bertz CT molecular complexity index is 1200. The van der Waals surface area contributed by atoms with Crippen molar-refractivity contribution in [1.29, 1.82) is 0 Å². The summed E-state index contributed by atoms with van der Waals surface area (Å²) in [5, 5.41) is 0. The molecule has 1 aliphatic rings. The van der Waals surface area contributed by atoms with Crippen LogP contribution in [-0.4, -0.2) is 36.4 Å². The summed E-state index contributed by atoms with van der Waals surface area (Å²) in [5.74, 6) is 0.521. The fourth-order valence-electron chi connectivity index (χ4n) is 3.62. The Morgan fingerprint density at radius 1 is 1.00 bits per heavy atom. The van der Waals surface area contributed by atoms with Gasteiger partial charge in [-0.2, -0.15) is 0 Å². The van der Waals surface area contributed by atoms with E-state index in [4.69, 9.17) is 4.98 Å². The molecule has 0 spiro atoms. The summed E-state index contributed by atoms with van der Waals surface area (Å²) in [4.78, 5) is 35.4. The molecule has 0 bridgehead atoms. The molecule has 0 saturated heterocycles. The first-order valence-electron chi connectivity index (χ1n) is 9.22. The van der Waals surface area contributed by atoms with Crippen molar-refractivity contribution in [3.8, 4) is 11.5 Å². The van der Waals surface area contributed by atoms with Crippen molar-refractivity contribution in [2.75, 3.05) is 6.54 Å². The molecule has 0 atom stereocenters. The molecule has 7 nitrogen and oxygen atoms in total. The minimum Gasteiger partial charge on any atom is -0.305 e. The summed E-state index contributed by atoms with van der Waals surface area (Å²) >= 11 is 0. The van der Waals surface area contributed by atoms with Crippen molar-refractivity contribution in [3.05, 3.63) is 82.2 Å². The molecular formula is C21H18N6O. The largest absolute Gasteiger partial charge is 0.305 e. The molecule has 0 saturated carbocycles. The number of pyridine rings is 1. The molecule has 4 heterocycles. The summed E-state index contributed by atoms with van der Waals surface area (Å²) in [5.41, 5.74) is 5.18. The predicted octanol–water partition coefficient (Wildman–Crippen LogP) is 2.33. The molecule has 4 aromatic rings. The van der Waals surface area contributed by atoms with E-state index in [0.29, 0.717) is 24.5 Å². The second-order valence-corrected chi connectivity index (χ2v) is 6.89. The molecule has 0 unspecified atom stereocenters. The maximum atomic E-state index is 12.5. The second kappa shape index (κ2) is 6.94. The molecule has 0 fully saturated rings. The summed E-state index contributed by atoms with van der Waals surface area (Å²) in [6.45, 7) is 2.23. The van der Waals surface area contributed by atoms with Crippen molar-refractivity contribution >= 4 is 11.0 Å². The summed E-state index contributed by atoms with van der Waals surface area (Å²) < 4.78 is 0. The molecule has 1 N–H and O–H groups in total. The zero-order chi connectivity index (χ0) is 18.9. The number of H-pyrrole nitrogens is 1. The number of aromatic amines is 1. The highest BCUT2D eigenvalue weighted by atomic mass is 16.1. The zero-order valence-corrected chi connectivity index (χ0v) is 15.2. The summed E-state index contributed by atoms with van der Waals surface area (Å²) in [6, 6.07) is 11.7. The molecule has 3 aromatic heterocycles. The van der Waals surface area contributed by atoms with Gasteiger partial charge >= 0.3 is 0 Å². The highest BCUT2D eigenvalue weighted by Gasteiger charge is 2.21. The molecule has 7 heteroatoms. The van der Waals surface area contributed by atoms with E-state index in [1.54, 1.807) is 18.6 Å². The maximum absolute atomic E-state index is 12.5. The molecule has 0 radical (unpaired) electrons. The van der Waals surface area contributed by atoms with Gasteiger partial charge in [0.05, 0.1) is 16.7 Å². The number of benzene rings is 1. The minimum atomic E-state index is -0.0636. The molecule has 1 aromatic carbocycles. The van der Waals surface area contributed by atoms with Crippen LogP contribution in [0.2, 0.25) is 0 Å². The van der Waals surface area contributed by atoms with Gasteiger partial charge in [0.2, 0.25) is 0 Å². The van der Waals surface area contributed by atoms with Gasteiger partial charge < -0.3 is 4.98 Å². The van der Waals surface area contributed by atoms with Crippen LogP contribution in [0.3, 0.4) is 0 Å². The van der Waals surface area contributed by atoms with E-state index >= 15 is 0 Å². The third kappa shape index (κ3) is 3.16. The maximum Gasteiger partial charge on any atom is 0.254 e. The van der Waals surface area contributed by atoms with Gasteiger partial charge in [0, 0.05) is 43.8 Å². The van der Waals surface area contributed by atoms with E-state index in [0.717, 1.165) is 35.4 Å². The van der Waals surface area contributed by atoms with Crippen molar-refractivity contribution < 1.29 is 0 Å². The van der Waals surface area contributed by atoms with Crippen LogP contribution in [0.4, 0.5) is 0 Å². The molecule has 1 aliphatic heterocycles. The Labute approximate surface area is 161 Å². The first kappa shape index (κ1) is 16.7. The van der Waals surface area contributed by atoms with Gasteiger partial charge in [0.1, 0.15) is 5.69 Å². The van der Waals surface area contributed by atoms with E-state index < -0.39 is 0 Å². The summed E-state index contributed by atoms with van der Waals surface area (Å²) in [6.07, 6.45) is 5.79. The average molecular weight is 370 g/mol. The van der Waals surface area contributed by atoms with Gasteiger partial charge in [-0.15, -0.1) is 0 Å². The van der Waals surface area contributed by atoms with Gasteiger partial charge in [-0.25, -0.2) is 4.98 Å². The lowest BCUT2D eigenvalue weighted by molar-refractivity contribution is 0.240. The molecular weight excluding hydrogens is 352 g/mol. The van der Waals surface area contributed by atoms with E-state index in [2.05, 4.69) is 37.0 Å².